The van der Waals surface area contributed by atoms with Gasteiger partial charge >= 0.3 is 6.03 Å². The maximum absolute atomic E-state index is 11.6. The highest BCUT2D eigenvalue weighted by Gasteiger charge is 2.03. The van der Waals surface area contributed by atoms with Gasteiger partial charge in [-0.2, -0.15) is 0 Å². The molecule has 0 atom stereocenters. The predicted molar refractivity (Wildman–Crippen MR) is 76.6 cm³/mol. The first kappa shape index (κ1) is 14.4. The van der Waals surface area contributed by atoms with Crippen LogP contribution in [0.25, 0.3) is 0 Å². The molecule has 1 aromatic carbocycles. The van der Waals surface area contributed by atoms with E-state index in [0.717, 1.165) is 5.57 Å². The SMILES string of the molecule is C/C(=C\NC(=O)Nc1ccc(N)c(Cl)c1)C(C)C. The Morgan fingerprint density at radius 1 is 1.44 bits per heavy atom. The lowest BCUT2D eigenvalue weighted by Gasteiger charge is -2.08. The molecule has 98 valence electrons. The molecule has 0 aliphatic rings. The lowest BCUT2D eigenvalue weighted by molar-refractivity contribution is 0.255. The minimum absolute atomic E-state index is 0.309. The molecule has 1 rings (SSSR count). The second-order valence-electron chi connectivity index (χ2n) is 4.38. The molecule has 0 aromatic heterocycles. The molecule has 18 heavy (non-hydrogen) atoms. The van der Waals surface area contributed by atoms with Gasteiger partial charge in [0, 0.05) is 11.9 Å². The Bertz CT molecular complexity index is 469. The van der Waals surface area contributed by atoms with Crippen molar-refractivity contribution in [2.75, 3.05) is 11.1 Å². The van der Waals surface area contributed by atoms with Crippen LogP contribution in [0.1, 0.15) is 20.8 Å². The summed E-state index contributed by atoms with van der Waals surface area (Å²) >= 11 is 5.86. The monoisotopic (exact) mass is 267 g/mol. The Hall–Kier alpha value is -1.68. The second-order valence-corrected chi connectivity index (χ2v) is 4.79. The number of rotatable bonds is 3. The van der Waals surface area contributed by atoms with Gasteiger partial charge in [0.05, 0.1) is 10.7 Å². The number of hydrogen-bond acceptors (Lipinski definition) is 2. The average molecular weight is 268 g/mol. The van der Waals surface area contributed by atoms with E-state index in [1.54, 1.807) is 24.4 Å². The normalized spacial score (nSPS) is 11.5. The van der Waals surface area contributed by atoms with Gasteiger partial charge in [0.15, 0.2) is 0 Å². The van der Waals surface area contributed by atoms with E-state index in [9.17, 15) is 4.79 Å². The van der Waals surface area contributed by atoms with Gasteiger partial charge in [-0.15, -0.1) is 0 Å². The zero-order valence-corrected chi connectivity index (χ0v) is 11.5. The quantitative estimate of drug-likeness (QED) is 0.733. The number of nitrogen functional groups attached to an aromatic ring is 1. The predicted octanol–water partition coefficient (Wildman–Crippen LogP) is 3.60. The lowest BCUT2D eigenvalue weighted by atomic mass is 10.1. The van der Waals surface area contributed by atoms with Crippen LogP contribution in [-0.4, -0.2) is 6.03 Å². The van der Waals surface area contributed by atoms with Gasteiger partial charge in [0.1, 0.15) is 0 Å². The fourth-order valence-electron chi connectivity index (χ4n) is 1.12. The fourth-order valence-corrected chi connectivity index (χ4v) is 1.30. The molecule has 1 aromatic rings. The summed E-state index contributed by atoms with van der Waals surface area (Å²) in [4.78, 5) is 11.6. The van der Waals surface area contributed by atoms with E-state index < -0.39 is 0 Å². The van der Waals surface area contributed by atoms with E-state index in [-0.39, 0.29) is 6.03 Å². The van der Waals surface area contributed by atoms with Crippen molar-refractivity contribution in [3.8, 4) is 0 Å². The minimum Gasteiger partial charge on any atom is -0.398 e. The number of halogens is 1. The average Bonchev–Trinajstić information content (AvgIpc) is 2.30. The molecule has 0 fully saturated rings. The first-order valence-corrected chi connectivity index (χ1v) is 6.07. The van der Waals surface area contributed by atoms with Crippen LogP contribution in [-0.2, 0) is 0 Å². The number of nitrogens with one attached hydrogen (secondary N) is 2. The molecule has 0 saturated carbocycles. The molecule has 2 amide bonds. The summed E-state index contributed by atoms with van der Waals surface area (Å²) in [7, 11) is 0. The van der Waals surface area contributed by atoms with Crippen LogP contribution in [0.3, 0.4) is 0 Å². The Morgan fingerprint density at radius 3 is 2.67 bits per heavy atom. The first-order valence-electron chi connectivity index (χ1n) is 5.69. The largest absolute Gasteiger partial charge is 0.398 e. The zero-order valence-electron chi connectivity index (χ0n) is 10.8. The van der Waals surface area contributed by atoms with E-state index in [1.165, 1.54) is 0 Å². The molecule has 0 aliphatic heterocycles. The molecule has 0 unspecified atom stereocenters. The molecule has 0 saturated heterocycles. The van der Waals surface area contributed by atoms with E-state index in [4.69, 9.17) is 17.3 Å². The van der Waals surface area contributed by atoms with Crippen LogP contribution < -0.4 is 16.4 Å². The molecular formula is C13H18ClN3O. The topological polar surface area (TPSA) is 67.2 Å². The van der Waals surface area contributed by atoms with Crippen molar-refractivity contribution < 1.29 is 4.79 Å². The Morgan fingerprint density at radius 2 is 2.11 bits per heavy atom. The van der Waals surface area contributed by atoms with Gasteiger partial charge in [-0.1, -0.05) is 31.0 Å². The standard InChI is InChI=1S/C13H18ClN3O/c1-8(2)9(3)7-16-13(18)17-10-4-5-12(15)11(14)6-10/h4-8H,15H2,1-3H3,(H2,16,17,18)/b9-7+. The third-order valence-electron chi connectivity index (χ3n) is 2.60. The van der Waals surface area contributed by atoms with E-state index in [1.807, 2.05) is 6.92 Å². The van der Waals surface area contributed by atoms with Crippen LogP contribution in [0.15, 0.2) is 30.0 Å². The number of anilines is 2. The minimum atomic E-state index is -0.309. The molecule has 0 radical (unpaired) electrons. The van der Waals surface area contributed by atoms with Gasteiger partial charge in [-0.05, 0) is 31.0 Å². The maximum Gasteiger partial charge on any atom is 0.323 e. The zero-order chi connectivity index (χ0) is 13.7. The first-order chi connectivity index (χ1) is 8.40. The van der Waals surface area contributed by atoms with Gasteiger partial charge in [0.25, 0.3) is 0 Å². The van der Waals surface area contributed by atoms with E-state index >= 15 is 0 Å². The molecule has 0 aliphatic carbocycles. The highest BCUT2D eigenvalue weighted by molar-refractivity contribution is 6.33. The summed E-state index contributed by atoms with van der Waals surface area (Å²) in [6, 6.07) is 4.64. The molecule has 0 bridgehead atoms. The highest BCUT2D eigenvalue weighted by atomic mass is 35.5. The van der Waals surface area contributed by atoms with Gasteiger partial charge in [-0.3, -0.25) is 0 Å². The third-order valence-corrected chi connectivity index (χ3v) is 2.93. The highest BCUT2D eigenvalue weighted by Crippen LogP contribution is 2.22. The summed E-state index contributed by atoms with van der Waals surface area (Å²) in [6.45, 7) is 6.08. The van der Waals surface area contributed by atoms with Gasteiger partial charge < -0.3 is 16.4 Å². The molecule has 5 heteroatoms. The number of allylic oxidation sites excluding steroid dienone is 1. The summed E-state index contributed by atoms with van der Waals surface area (Å²) in [6.07, 6.45) is 1.69. The number of urea groups is 1. The van der Waals surface area contributed by atoms with Crippen molar-refractivity contribution in [3.05, 3.63) is 35.0 Å². The summed E-state index contributed by atoms with van der Waals surface area (Å²) in [5.74, 6) is 0.399. The summed E-state index contributed by atoms with van der Waals surface area (Å²) < 4.78 is 0. The Kier molecular flexibility index (Phi) is 5.04. The number of hydrogen-bond donors (Lipinski definition) is 3. The van der Waals surface area contributed by atoms with Crippen LogP contribution in [0, 0.1) is 5.92 Å². The molecular weight excluding hydrogens is 250 g/mol. The van der Waals surface area contributed by atoms with Gasteiger partial charge in [-0.25, -0.2) is 4.79 Å². The van der Waals surface area contributed by atoms with Crippen molar-refractivity contribution in [2.45, 2.75) is 20.8 Å². The third kappa shape index (κ3) is 4.30. The molecule has 0 heterocycles. The molecule has 4 nitrogen and oxygen atoms in total. The number of carbonyl (C=O) groups excluding carboxylic acids is 1. The van der Waals surface area contributed by atoms with Crippen molar-refractivity contribution in [3.63, 3.8) is 0 Å². The smallest absolute Gasteiger partial charge is 0.323 e. The van der Waals surface area contributed by atoms with Crippen LogP contribution >= 0.6 is 11.6 Å². The number of amides is 2. The van der Waals surface area contributed by atoms with Crippen molar-refractivity contribution in [1.29, 1.82) is 0 Å². The van der Waals surface area contributed by atoms with Crippen LogP contribution in [0.4, 0.5) is 16.2 Å². The summed E-state index contributed by atoms with van der Waals surface area (Å²) in [5, 5.41) is 5.75. The van der Waals surface area contributed by atoms with E-state index in [2.05, 4.69) is 24.5 Å². The maximum atomic E-state index is 11.6. The van der Waals surface area contributed by atoms with Crippen molar-refractivity contribution in [1.82, 2.24) is 5.32 Å². The van der Waals surface area contributed by atoms with Crippen molar-refractivity contribution >= 4 is 29.0 Å². The number of nitrogens with two attached hydrogens (primary N) is 1. The number of benzene rings is 1. The summed E-state index contributed by atoms with van der Waals surface area (Å²) in [5.41, 5.74) is 7.76. The molecule has 4 N–H and O–H groups in total. The second kappa shape index (κ2) is 6.31. The van der Waals surface area contributed by atoms with Crippen molar-refractivity contribution in [2.24, 2.45) is 5.92 Å². The Labute approximate surface area is 112 Å². The van der Waals surface area contributed by atoms with Crippen LogP contribution in [0.2, 0.25) is 5.02 Å². The Balaban J connectivity index is 2.60. The fraction of sp³-hybridized carbons (Fsp3) is 0.308. The molecule has 0 spiro atoms. The lowest BCUT2D eigenvalue weighted by Crippen LogP contribution is -2.24. The van der Waals surface area contributed by atoms with E-state index in [0.29, 0.717) is 22.3 Å². The number of carbonyl (C=O) groups is 1. The van der Waals surface area contributed by atoms with Crippen LogP contribution in [0.5, 0.6) is 0 Å². The van der Waals surface area contributed by atoms with Gasteiger partial charge in [0.2, 0.25) is 0 Å².